The monoisotopic (exact) mass is 289 g/mol. The van der Waals surface area contributed by atoms with Crippen LogP contribution in [0, 0.1) is 0 Å². The minimum absolute atomic E-state index is 0.0245. The van der Waals surface area contributed by atoms with Gasteiger partial charge in [-0.15, -0.1) is 0 Å². The van der Waals surface area contributed by atoms with Crippen LogP contribution < -0.4 is 5.73 Å². The lowest BCUT2D eigenvalue weighted by Crippen LogP contribution is -2.55. The van der Waals surface area contributed by atoms with Crippen LogP contribution in [0.4, 0.5) is 0 Å². The van der Waals surface area contributed by atoms with Gasteiger partial charge in [-0.05, 0) is 25.8 Å². The molecule has 2 saturated heterocycles. The first kappa shape index (κ1) is 14.7. The summed E-state index contributed by atoms with van der Waals surface area (Å²) >= 11 is 0. The molecule has 2 N–H and O–H groups in total. The van der Waals surface area contributed by atoms with E-state index in [9.17, 15) is 13.2 Å². The molecule has 2 aliphatic heterocycles. The SMILES string of the molecule is CS(=O)(=O)CCC(N)C(=O)N1CCN2CCCC2C1. The number of piperazine rings is 1. The topological polar surface area (TPSA) is 83.7 Å². The van der Waals surface area contributed by atoms with Gasteiger partial charge in [-0.2, -0.15) is 0 Å². The van der Waals surface area contributed by atoms with E-state index in [1.165, 1.54) is 12.7 Å². The van der Waals surface area contributed by atoms with E-state index in [2.05, 4.69) is 4.90 Å². The maximum absolute atomic E-state index is 12.2. The highest BCUT2D eigenvalue weighted by Gasteiger charge is 2.33. The predicted octanol–water partition coefficient (Wildman–Crippen LogP) is -0.945. The zero-order valence-electron chi connectivity index (χ0n) is 11.4. The zero-order valence-corrected chi connectivity index (χ0v) is 12.2. The first-order valence-electron chi connectivity index (χ1n) is 6.83. The largest absolute Gasteiger partial charge is 0.338 e. The number of amides is 1. The van der Waals surface area contributed by atoms with Crippen molar-refractivity contribution >= 4 is 15.7 Å². The quantitative estimate of drug-likeness (QED) is 0.722. The molecule has 0 spiro atoms. The highest BCUT2D eigenvalue weighted by atomic mass is 32.2. The number of carbonyl (C=O) groups excluding carboxylic acids is 1. The van der Waals surface area contributed by atoms with Gasteiger partial charge in [0.25, 0.3) is 0 Å². The Morgan fingerprint density at radius 3 is 2.79 bits per heavy atom. The number of fused-ring (bicyclic) bond motifs is 1. The number of carbonyl (C=O) groups is 1. The fourth-order valence-corrected chi connectivity index (χ4v) is 3.57. The van der Waals surface area contributed by atoms with Crippen LogP contribution in [-0.2, 0) is 14.6 Å². The van der Waals surface area contributed by atoms with E-state index in [4.69, 9.17) is 5.73 Å². The second-order valence-electron chi connectivity index (χ2n) is 5.64. The Hall–Kier alpha value is -0.660. The molecule has 2 heterocycles. The van der Waals surface area contributed by atoms with E-state index >= 15 is 0 Å². The highest BCUT2D eigenvalue weighted by molar-refractivity contribution is 7.90. The van der Waals surface area contributed by atoms with Crippen LogP contribution in [0.3, 0.4) is 0 Å². The van der Waals surface area contributed by atoms with Crippen LogP contribution in [0.25, 0.3) is 0 Å². The lowest BCUT2D eigenvalue weighted by atomic mass is 10.1. The van der Waals surface area contributed by atoms with Crippen molar-refractivity contribution in [2.24, 2.45) is 5.73 Å². The Morgan fingerprint density at radius 1 is 1.37 bits per heavy atom. The van der Waals surface area contributed by atoms with Crippen LogP contribution in [0.2, 0.25) is 0 Å². The third-order valence-corrected chi connectivity index (χ3v) is 4.99. The van der Waals surface area contributed by atoms with Crippen molar-refractivity contribution in [3.63, 3.8) is 0 Å². The van der Waals surface area contributed by atoms with Crippen LogP contribution >= 0.6 is 0 Å². The van der Waals surface area contributed by atoms with Gasteiger partial charge >= 0.3 is 0 Å². The van der Waals surface area contributed by atoms with Gasteiger partial charge in [0.1, 0.15) is 9.84 Å². The molecule has 0 radical (unpaired) electrons. The van der Waals surface area contributed by atoms with Crippen molar-refractivity contribution in [1.29, 1.82) is 0 Å². The summed E-state index contributed by atoms with van der Waals surface area (Å²) in [5.41, 5.74) is 5.82. The van der Waals surface area contributed by atoms with Crippen LogP contribution in [0.15, 0.2) is 0 Å². The van der Waals surface area contributed by atoms with E-state index < -0.39 is 15.9 Å². The predicted molar refractivity (Wildman–Crippen MR) is 73.5 cm³/mol. The molecule has 2 rings (SSSR count). The second-order valence-corrected chi connectivity index (χ2v) is 7.90. The molecule has 1 amide bonds. The lowest BCUT2D eigenvalue weighted by molar-refractivity contribution is -0.135. The van der Waals surface area contributed by atoms with Crippen LogP contribution in [0.5, 0.6) is 0 Å². The molecule has 0 aliphatic carbocycles. The van der Waals surface area contributed by atoms with Gasteiger partial charge in [0, 0.05) is 31.9 Å². The van der Waals surface area contributed by atoms with Gasteiger partial charge < -0.3 is 10.6 Å². The molecule has 19 heavy (non-hydrogen) atoms. The summed E-state index contributed by atoms with van der Waals surface area (Å²) in [6, 6.07) is -0.220. The van der Waals surface area contributed by atoms with Crippen LogP contribution in [0.1, 0.15) is 19.3 Å². The summed E-state index contributed by atoms with van der Waals surface area (Å²) in [5, 5.41) is 0. The van der Waals surface area contributed by atoms with E-state index in [0.29, 0.717) is 12.6 Å². The minimum Gasteiger partial charge on any atom is -0.338 e. The molecule has 2 fully saturated rings. The normalized spacial score (nSPS) is 26.2. The summed E-state index contributed by atoms with van der Waals surface area (Å²) in [6.07, 6.45) is 3.72. The lowest BCUT2D eigenvalue weighted by Gasteiger charge is -2.38. The van der Waals surface area contributed by atoms with E-state index in [1.807, 2.05) is 0 Å². The van der Waals surface area contributed by atoms with E-state index in [-0.39, 0.29) is 18.1 Å². The van der Waals surface area contributed by atoms with Crippen LogP contribution in [-0.4, -0.2) is 74.4 Å². The first-order chi connectivity index (χ1) is 8.87. The number of nitrogens with two attached hydrogens (primary N) is 1. The van der Waals surface area contributed by atoms with E-state index in [1.54, 1.807) is 4.90 Å². The first-order valence-corrected chi connectivity index (χ1v) is 8.89. The third kappa shape index (κ3) is 3.90. The fourth-order valence-electron chi connectivity index (χ4n) is 2.89. The molecular formula is C12H23N3O3S. The van der Waals surface area contributed by atoms with Gasteiger partial charge in [0.15, 0.2) is 0 Å². The van der Waals surface area contributed by atoms with Crippen molar-refractivity contribution in [2.75, 3.05) is 38.2 Å². The standard InChI is InChI=1S/C12H23N3O3S/c1-19(17,18)8-4-11(13)12(16)15-7-6-14-5-2-3-10(14)9-15/h10-11H,2-9,13H2,1H3. The molecule has 2 atom stereocenters. The molecule has 0 aromatic carbocycles. The highest BCUT2D eigenvalue weighted by Crippen LogP contribution is 2.21. The Morgan fingerprint density at radius 2 is 2.11 bits per heavy atom. The molecule has 0 aromatic rings. The summed E-state index contributed by atoms with van der Waals surface area (Å²) in [6.45, 7) is 3.50. The van der Waals surface area contributed by atoms with Gasteiger partial charge in [0.2, 0.25) is 5.91 Å². The Balaban J connectivity index is 1.85. The van der Waals surface area contributed by atoms with Crippen molar-refractivity contribution in [3.05, 3.63) is 0 Å². The fraction of sp³-hybridized carbons (Fsp3) is 0.917. The maximum Gasteiger partial charge on any atom is 0.239 e. The molecular weight excluding hydrogens is 266 g/mol. The maximum atomic E-state index is 12.2. The Kier molecular flexibility index (Phi) is 4.47. The van der Waals surface area contributed by atoms with Gasteiger partial charge in [0.05, 0.1) is 11.8 Å². The molecule has 6 nitrogen and oxygen atoms in total. The molecule has 0 aromatic heterocycles. The molecule has 7 heteroatoms. The number of hydrogen-bond acceptors (Lipinski definition) is 5. The molecule has 0 bridgehead atoms. The summed E-state index contributed by atoms with van der Waals surface area (Å²) in [4.78, 5) is 16.4. The zero-order chi connectivity index (χ0) is 14.0. The van der Waals surface area contributed by atoms with Crippen molar-refractivity contribution in [3.8, 4) is 0 Å². The Bertz CT molecular complexity index is 438. The van der Waals surface area contributed by atoms with E-state index in [0.717, 1.165) is 26.1 Å². The van der Waals surface area contributed by atoms with Crippen molar-refractivity contribution in [1.82, 2.24) is 9.80 Å². The van der Waals surface area contributed by atoms with Gasteiger partial charge in [-0.1, -0.05) is 0 Å². The molecule has 2 unspecified atom stereocenters. The third-order valence-electron chi connectivity index (χ3n) is 4.02. The summed E-state index contributed by atoms with van der Waals surface area (Å²) in [7, 11) is -3.06. The summed E-state index contributed by atoms with van der Waals surface area (Å²) < 4.78 is 22.2. The molecule has 0 saturated carbocycles. The molecule has 110 valence electrons. The minimum atomic E-state index is -3.06. The van der Waals surface area contributed by atoms with Crippen molar-refractivity contribution < 1.29 is 13.2 Å². The van der Waals surface area contributed by atoms with Gasteiger partial charge in [-0.25, -0.2) is 8.42 Å². The number of nitrogens with zero attached hydrogens (tertiary/aromatic N) is 2. The molecule has 2 aliphatic rings. The smallest absolute Gasteiger partial charge is 0.239 e. The average molecular weight is 289 g/mol. The number of rotatable bonds is 4. The number of sulfone groups is 1. The summed E-state index contributed by atoms with van der Waals surface area (Å²) in [5.74, 6) is -0.126. The average Bonchev–Trinajstić information content (AvgIpc) is 2.81. The second kappa shape index (κ2) is 5.76. The number of hydrogen-bond donors (Lipinski definition) is 1. The Labute approximate surface area is 114 Å². The van der Waals surface area contributed by atoms with Gasteiger partial charge in [-0.3, -0.25) is 9.69 Å². The van der Waals surface area contributed by atoms with Crippen molar-refractivity contribution in [2.45, 2.75) is 31.3 Å².